The minimum Gasteiger partial charge on any atom is -0.377 e. The summed E-state index contributed by atoms with van der Waals surface area (Å²) in [5.41, 5.74) is 0.706. The van der Waals surface area contributed by atoms with Gasteiger partial charge in [0, 0.05) is 11.8 Å². The van der Waals surface area contributed by atoms with Gasteiger partial charge in [0.1, 0.15) is 5.60 Å². The Kier molecular flexibility index (Phi) is 3.56. The predicted molar refractivity (Wildman–Crippen MR) is 95.1 cm³/mol. The van der Waals surface area contributed by atoms with Crippen LogP contribution < -0.4 is 0 Å². The van der Waals surface area contributed by atoms with Gasteiger partial charge < -0.3 is 5.11 Å². The molecule has 2 nitrogen and oxygen atoms in total. The highest BCUT2D eigenvalue weighted by Crippen LogP contribution is 2.69. The third-order valence-electron chi connectivity index (χ3n) is 8.68. The summed E-state index contributed by atoms with van der Waals surface area (Å²) in [5.74, 6) is 4.88. The second-order valence-electron chi connectivity index (χ2n) is 9.09. The molecule has 4 aliphatic rings. The molecule has 0 radical (unpaired) electrons. The lowest BCUT2D eigenvalue weighted by molar-refractivity contribution is -0.133. The van der Waals surface area contributed by atoms with Crippen molar-refractivity contribution in [2.24, 2.45) is 28.6 Å². The molecule has 0 aromatic carbocycles. The molecule has 0 aromatic heterocycles. The van der Waals surface area contributed by atoms with Gasteiger partial charge in [-0.15, -0.1) is 6.42 Å². The number of ketones is 1. The maximum absolute atomic E-state index is 11.9. The molecule has 3 fully saturated rings. The Balaban J connectivity index is 1.73. The summed E-state index contributed by atoms with van der Waals surface area (Å²) in [6.45, 7) is 4.69. The van der Waals surface area contributed by atoms with Crippen molar-refractivity contribution in [1.29, 1.82) is 0 Å². The van der Waals surface area contributed by atoms with E-state index >= 15 is 0 Å². The molecule has 4 rings (SSSR count). The van der Waals surface area contributed by atoms with Crippen molar-refractivity contribution >= 4 is 5.78 Å². The highest BCUT2D eigenvalue weighted by atomic mass is 16.3. The van der Waals surface area contributed by atoms with E-state index in [1.54, 1.807) is 0 Å². The van der Waals surface area contributed by atoms with Crippen LogP contribution in [0, 0.1) is 40.9 Å². The van der Waals surface area contributed by atoms with Gasteiger partial charge in [-0.25, -0.2) is 0 Å². The molecule has 6 atom stereocenters. The SMILES string of the molecule is C#C[C@]1(O)CC[C@H]2[C@@H]3CCC4=CC(=O)CC[C@@H]4[C@@]3(C)CC[C@@]21CC. The van der Waals surface area contributed by atoms with E-state index in [-0.39, 0.29) is 10.8 Å². The van der Waals surface area contributed by atoms with E-state index in [1.165, 1.54) is 12.0 Å². The average molecular weight is 326 g/mol. The highest BCUT2D eigenvalue weighted by molar-refractivity contribution is 5.91. The van der Waals surface area contributed by atoms with E-state index in [4.69, 9.17) is 6.42 Å². The van der Waals surface area contributed by atoms with E-state index in [9.17, 15) is 9.90 Å². The first kappa shape index (κ1) is 16.4. The summed E-state index contributed by atoms with van der Waals surface area (Å²) in [7, 11) is 0. The molecule has 0 aliphatic heterocycles. The van der Waals surface area contributed by atoms with Gasteiger partial charge in [0.15, 0.2) is 5.78 Å². The van der Waals surface area contributed by atoms with Crippen LogP contribution in [0.5, 0.6) is 0 Å². The van der Waals surface area contributed by atoms with Crippen LogP contribution in [0.25, 0.3) is 0 Å². The smallest absolute Gasteiger partial charge is 0.155 e. The Morgan fingerprint density at radius 1 is 1.21 bits per heavy atom. The lowest BCUT2D eigenvalue weighted by Gasteiger charge is -2.61. The van der Waals surface area contributed by atoms with Crippen LogP contribution in [0.3, 0.4) is 0 Å². The predicted octanol–water partition coefficient (Wildman–Crippen LogP) is 4.27. The molecule has 24 heavy (non-hydrogen) atoms. The summed E-state index contributed by atoms with van der Waals surface area (Å²) >= 11 is 0. The zero-order valence-corrected chi connectivity index (χ0v) is 15.1. The van der Waals surface area contributed by atoms with Crippen molar-refractivity contribution in [1.82, 2.24) is 0 Å². The molecule has 2 heteroatoms. The van der Waals surface area contributed by atoms with Crippen LogP contribution in [0.4, 0.5) is 0 Å². The Labute approximate surface area is 146 Å². The summed E-state index contributed by atoms with van der Waals surface area (Å²) in [6.07, 6.45) is 16.8. The topological polar surface area (TPSA) is 37.3 Å². The van der Waals surface area contributed by atoms with Gasteiger partial charge in [0.05, 0.1) is 0 Å². The minimum absolute atomic E-state index is 0.0857. The van der Waals surface area contributed by atoms with E-state index in [0.717, 1.165) is 44.9 Å². The van der Waals surface area contributed by atoms with E-state index in [0.29, 0.717) is 30.0 Å². The normalized spacial score (nSPS) is 50.3. The molecule has 0 bridgehead atoms. The summed E-state index contributed by atoms with van der Waals surface area (Å²) < 4.78 is 0. The number of fused-ring (bicyclic) bond motifs is 5. The second kappa shape index (κ2) is 5.21. The van der Waals surface area contributed by atoms with Crippen LogP contribution >= 0.6 is 0 Å². The third kappa shape index (κ3) is 1.86. The number of hydrogen-bond donors (Lipinski definition) is 1. The van der Waals surface area contributed by atoms with Crippen LogP contribution in [-0.2, 0) is 4.79 Å². The Hall–Kier alpha value is -1.07. The molecule has 130 valence electrons. The van der Waals surface area contributed by atoms with Crippen LogP contribution in [0.2, 0.25) is 0 Å². The van der Waals surface area contributed by atoms with Gasteiger partial charge in [-0.3, -0.25) is 4.79 Å². The maximum atomic E-state index is 11.9. The lowest BCUT2D eigenvalue weighted by atomic mass is 9.44. The molecule has 0 amide bonds. The van der Waals surface area contributed by atoms with Crippen LogP contribution in [0.15, 0.2) is 11.6 Å². The highest BCUT2D eigenvalue weighted by Gasteiger charge is 2.66. The van der Waals surface area contributed by atoms with Crippen molar-refractivity contribution in [3.05, 3.63) is 11.6 Å². The molecule has 0 saturated heterocycles. The zero-order valence-electron chi connectivity index (χ0n) is 15.1. The first-order valence-corrected chi connectivity index (χ1v) is 9.83. The van der Waals surface area contributed by atoms with E-state index in [1.807, 2.05) is 6.08 Å². The monoisotopic (exact) mass is 326 g/mol. The number of allylic oxidation sites excluding steroid dienone is 1. The van der Waals surface area contributed by atoms with Crippen LogP contribution in [0.1, 0.15) is 71.6 Å². The number of carbonyl (C=O) groups is 1. The number of hydrogen-bond acceptors (Lipinski definition) is 2. The third-order valence-corrected chi connectivity index (χ3v) is 8.68. The molecular formula is C22H30O2. The average Bonchev–Trinajstić information content (AvgIpc) is 2.88. The standard InChI is InChI=1S/C22H30O2/c1-4-21-13-12-20(3)17-9-7-16(23)14-15(17)6-8-18(20)19(21)10-11-22(21,24)5-2/h2,14,17-19,24H,4,6-13H2,1,3H3/t17-,18-,19-,20+,21-,22-/m0/s1. The Morgan fingerprint density at radius 3 is 2.71 bits per heavy atom. The molecule has 0 spiro atoms. The Bertz CT molecular complexity index is 641. The summed E-state index contributed by atoms with van der Waals surface area (Å²) in [5, 5.41) is 11.2. The van der Waals surface area contributed by atoms with E-state index < -0.39 is 5.60 Å². The van der Waals surface area contributed by atoms with Crippen molar-refractivity contribution < 1.29 is 9.90 Å². The minimum atomic E-state index is -0.910. The van der Waals surface area contributed by atoms with Crippen molar-refractivity contribution in [3.8, 4) is 12.3 Å². The maximum Gasteiger partial charge on any atom is 0.155 e. The number of terminal acetylenes is 1. The number of rotatable bonds is 1. The number of carbonyl (C=O) groups excluding carboxylic acids is 1. The zero-order chi connectivity index (χ0) is 17.2. The van der Waals surface area contributed by atoms with Gasteiger partial charge in [-0.1, -0.05) is 25.3 Å². The first-order chi connectivity index (χ1) is 11.4. The van der Waals surface area contributed by atoms with Gasteiger partial charge in [0.25, 0.3) is 0 Å². The summed E-state index contributed by atoms with van der Waals surface area (Å²) in [6, 6.07) is 0. The molecule has 1 N–H and O–H groups in total. The quantitative estimate of drug-likeness (QED) is 0.731. The van der Waals surface area contributed by atoms with Crippen molar-refractivity contribution in [2.45, 2.75) is 77.2 Å². The van der Waals surface area contributed by atoms with Crippen molar-refractivity contribution in [2.75, 3.05) is 0 Å². The van der Waals surface area contributed by atoms with Gasteiger partial charge in [-0.2, -0.15) is 0 Å². The van der Waals surface area contributed by atoms with Gasteiger partial charge in [-0.05, 0) is 80.6 Å². The first-order valence-electron chi connectivity index (χ1n) is 9.83. The summed E-state index contributed by atoms with van der Waals surface area (Å²) in [4.78, 5) is 11.9. The fourth-order valence-corrected chi connectivity index (χ4v) is 7.40. The molecule has 0 unspecified atom stereocenters. The fourth-order valence-electron chi connectivity index (χ4n) is 7.40. The molecule has 0 heterocycles. The van der Waals surface area contributed by atoms with Crippen LogP contribution in [-0.4, -0.2) is 16.5 Å². The van der Waals surface area contributed by atoms with Gasteiger partial charge >= 0.3 is 0 Å². The lowest BCUT2D eigenvalue weighted by Crippen LogP contribution is -2.57. The molecule has 0 aromatic rings. The van der Waals surface area contributed by atoms with Gasteiger partial charge in [0.2, 0.25) is 0 Å². The second-order valence-corrected chi connectivity index (χ2v) is 9.09. The Morgan fingerprint density at radius 2 is 2.00 bits per heavy atom. The largest absolute Gasteiger partial charge is 0.377 e. The molecule has 3 saturated carbocycles. The van der Waals surface area contributed by atoms with E-state index in [2.05, 4.69) is 19.8 Å². The van der Waals surface area contributed by atoms with Crippen molar-refractivity contribution in [3.63, 3.8) is 0 Å². The molecular weight excluding hydrogens is 296 g/mol. The number of aliphatic hydroxyl groups is 1. The molecule has 4 aliphatic carbocycles. The fraction of sp³-hybridized carbons (Fsp3) is 0.773.